The maximum atomic E-state index is 12.1. The summed E-state index contributed by atoms with van der Waals surface area (Å²) in [7, 11) is 0. The lowest BCUT2D eigenvalue weighted by atomic mass is 9.78. The van der Waals surface area contributed by atoms with E-state index < -0.39 is 5.60 Å². The first kappa shape index (κ1) is 14.0. The van der Waals surface area contributed by atoms with Gasteiger partial charge in [-0.15, -0.1) is 11.6 Å². The van der Waals surface area contributed by atoms with E-state index in [0.29, 0.717) is 5.92 Å². The zero-order valence-electron chi connectivity index (χ0n) is 11.7. The van der Waals surface area contributed by atoms with Gasteiger partial charge in [-0.3, -0.25) is 0 Å². The van der Waals surface area contributed by atoms with Crippen molar-refractivity contribution in [2.24, 2.45) is 11.3 Å². The predicted octanol–water partition coefficient (Wildman–Crippen LogP) is 3.65. The molecule has 4 heteroatoms. The number of amides is 1. The number of alkyl halides is 1. The van der Waals surface area contributed by atoms with Crippen LogP contribution in [-0.2, 0) is 4.74 Å². The minimum absolute atomic E-state index is 0.167. The highest BCUT2D eigenvalue weighted by molar-refractivity contribution is 6.18. The Balaban J connectivity index is 1.98. The number of ether oxygens (including phenoxy) is 1. The monoisotopic (exact) mass is 273 g/mol. The lowest BCUT2D eigenvalue weighted by molar-refractivity contribution is 0.0265. The fourth-order valence-electron chi connectivity index (χ4n) is 3.37. The van der Waals surface area contributed by atoms with Crippen LogP contribution in [0.25, 0.3) is 0 Å². The highest BCUT2D eigenvalue weighted by Crippen LogP contribution is 2.50. The van der Waals surface area contributed by atoms with Gasteiger partial charge < -0.3 is 9.64 Å². The topological polar surface area (TPSA) is 29.5 Å². The van der Waals surface area contributed by atoms with E-state index in [0.717, 1.165) is 25.4 Å². The highest BCUT2D eigenvalue weighted by Gasteiger charge is 2.48. The molecule has 1 aliphatic heterocycles. The van der Waals surface area contributed by atoms with Crippen LogP contribution in [0.3, 0.4) is 0 Å². The van der Waals surface area contributed by atoms with Crippen molar-refractivity contribution >= 4 is 17.7 Å². The average Bonchev–Trinajstić information content (AvgIpc) is 2.84. The Morgan fingerprint density at radius 1 is 1.44 bits per heavy atom. The first-order valence-electron chi connectivity index (χ1n) is 6.90. The summed E-state index contributed by atoms with van der Waals surface area (Å²) in [4.78, 5) is 13.9. The van der Waals surface area contributed by atoms with Crippen molar-refractivity contribution < 1.29 is 9.53 Å². The molecule has 0 bridgehead atoms. The molecule has 104 valence electrons. The van der Waals surface area contributed by atoms with Gasteiger partial charge in [-0.1, -0.05) is 6.42 Å². The molecule has 1 heterocycles. The highest BCUT2D eigenvalue weighted by atomic mass is 35.5. The first-order chi connectivity index (χ1) is 8.36. The lowest BCUT2D eigenvalue weighted by Gasteiger charge is -2.30. The van der Waals surface area contributed by atoms with E-state index >= 15 is 0 Å². The number of carbonyl (C=O) groups excluding carboxylic acids is 1. The molecule has 0 aromatic heterocycles. The van der Waals surface area contributed by atoms with Gasteiger partial charge in [0, 0.05) is 19.0 Å². The molecule has 1 saturated carbocycles. The number of hydrogen-bond donors (Lipinski definition) is 0. The van der Waals surface area contributed by atoms with E-state index in [2.05, 4.69) is 0 Å². The van der Waals surface area contributed by atoms with Crippen LogP contribution in [-0.4, -0.2) is 35.6 Å². The minimum Gasteiger partial charge on any atom is -0.444 e. The summed E-state index contributed by atoms with van der Waals surface area (Å²) >= 11 is 6.08. The van der Waals surface area contributed by atoms with Crippen LogP contribution in [0.15, 0.2) is 0 Å². The Labute approximate surface area is 115 Å². The Morgan fingerprint density at radius 3 is 2.78 bits per heavy atom. The molecule has 3 nitrogen and oxygen atoms in total. The fraction of sp³-hybridized carbons (Fsp3) is 0.929. The van der Waals surface area contributed by atoms with Crippen LogP contribution in [0.5, 0.6) is 0 Å². The quantitative estimate of drug-likeness (QED) is 0.683. The van der Waals surface area contributed by atoms with Gasteiger partial charge in [0.1, 0.15) is 5.60 Å². The van der Waals surface area contributed by atoms with Gasteiger partial charge in [0.25, 0.3) is 0 Å². The predicted molar refractivity (Wildman–Crippen MR) is 72.9 cm³/mol. The smallest absolute Gasteiger partial charge is 0.410 e. The van der Waals surface area contributed by atoms with Crippen molar-refractivity contribution in [3.63, 3.8) is 0 Å². The number of nitrogens with zero attached hydrogens (tertiary/aromatic N) is 1. The third-order valence-corrected chi connectivity index (χ3v) is 4.69. The summed E-state index contributed by atoms with van der Waals surface area (Å²) in [6.07, 6.45) is 4.60. The summed E-state index contributed by atoms with van der Waals surface area (Å²) in [5.41, 5.74) is -0.132. The molecular weight excluding hydrogens is 250 g/mol. The SMILES string of the molecule is CC(C)(C)OC(=O)N1CCC2(CCCC2CCl)C1. The van der Waals surface area contributed by atoms with Crippen molar-refractivity contribution in [1.29, 1.82) is 0 Å². The largest absolute Gasteiger partial charge is 0.444 e. The molecule has 1 aliphatic carbocycles. The summed E-state index contributed by atoms with van der Waals surface area (Å²) in [5, 5.41) is 0. The maximum Gasteiger partial charge on any atom is 0.410 e. The number of likely N-dealkylation sites (tertiary alicyclic amines) is 1. The van der Waals surface area contributed by atoms with Crippen LogP contribution in [0, 0.1) is 11.3 Å². The van der Waals surface area contributed by atoms with Crippen LogP contribution in [0.4, 0.5) is 4.79 Å². The molecule has 2 unspecified atom stereocenters. The second kappa shape index (κ2) is 4.92. The Morgan fingerprint density at radius 2 is 2.17 bits per heavy atom. The van der Waals surface area contributed by atoms with Crippen molar-refractivity contribution in [2.45, 2.75) is 52.1 Å². The fourth-order valence-corrected chi connectivity index (χ4v) is 3.85. The molecule has 1 spiro atoms. The molecule has 0 N–H and O–H groups in total. The van der Waals surface area contributed by atoms with Gasteiger partial charge in [0.2, 0.25) is 0 Å². The molecular formula is C14H24ClNO2. The van der Waals surface area contributed by atoms with Gasteiger partial charge in [-0.25, -0.2) is 4.79 Å². The van der Waals surface area contributed by atoms with Crippen LogP contribution in [0.2, 0.25) is 0 Å². The second-order valence-electron chi connectivity index (χ2n) is 6.76. The summed E-state index contributed by atoms with van der Waals surface area (Å²) in [6, 6.07) is 0. The zero-order valence-corrected chi connectivity index (χ0v) is 12.4. The summed E-state index contributed by atoms with van der Waals surface area (Å²) < 4.78 is 5.45. The molecule has 0 aromatic carbocycles. The van der Waals surface area contributed by atoms with Crippen molar-refractivity contribution in [3.05, 3.63) is 0 Å². The van der Waals surface area contributed by atoms with Gasteiger partial charge >= 0.3 is 6.09 Å². The number of hydrogen-bond acceptors (Lipinski definition) is 2. The van der Waals surface area contributed by atoms with Crippen LogP contribution in [0.1, 0.15) is 46.5 Å². The Hall–Kier alpha value is -0.440. The Bertz CT molecular complexity index is 326. The Kier molecular flexibility index (Phi) is 3.82. The second-order valence-corrected chi connectivity index (χ2v) is 7.07. The first-order valence-corrected chi connectivity index (χ1v) is 7.44. The van der Waals surface area contributed by atoms with Gasteiger partial charge in [-0.2, -0.15) is 0 Å². The van der Waals surface area contributed by atoms with Crippen LogP contribution < -0.4 is 0 Å². The maximum absolute atomic E-state index is 12.1. The molecule has 2 fully saturated rings. The number of halogens is 1. The van der Waals surface area contributed by atoms with Crippen molar-refractivity contribution in [2.75, 3.05) is 19.0 Å². The molecule has 18 heavy (non-hydrogen) atoms. The molecule has 0 radical (unpaired) electrons. The van der Waals surface area contributed by atoms with Crippen LogP contribution >= 0.6 is 11.6 Å². The van der Waals surface area contributed by atoms with Gasteiger partial charge in [0.15, 0.2) is 0 Å². The standard InChI is InChI=1S/C14H24ClNO2/c1-13(2,3)18-12(17)16-8-7-14(10-16)6-4-5-11(14)9-15/h11H,4-10H2,1-3H3. The lowest BCUT2D eigenvalue weighted by Crippen LogP contribution is -2.38. The third-order valence-electron chi connectivity index (χ3n) is 4.32. The minimum atomic E-state index is -0.408. The zero-order chi connectivity index (χ0) is 13.4. The number of carbonyl (C=O) groups is 1. The summed E-state index contributed by atoms with van der Waals surface area (Å²) in [6.45, 7) is 7.39. The van der Waals surface area contributed by atoms with E-state index in [1.54, 1.807) is 0 Å². The number of rotatable bonds is 1. The van der Waals surface area contributed by atoms with Gasteiger partial charge in [-0.05, 0) is 51.4 Å². The molecule has 0 aromatic rings. The van der Waals surface area contributed by atoms with Crippen molar-refractivity contribution in [1.82, 2.24) is 4.90 Å². The summed E-state index contributed by atoms with van der Waals surface area (Å²) in [5.74, 6) is 1.30. The van der Waals surface area contributed by atoms with E-state index in [4.69, 9.17) is 16.3 Å². The normalized spacial score (nSPS) is 32.2. The van der Waals surface area contributed by atoms with E-state index in [1.165, 1.54) is 19.3 Å². The molecule has 1 saturated heterocycles. The van der Waals surface area contributed by atoms with E-state index in [1.807, 2.05) is 25.7 Å². The third kappa shape index (κ3) is 2.76. The van der Waals surface area contributed by atoms with Gasteiger partial charge in [0.05, 0.1) is 0 Å². The average molecular weight is 274 g/mol. The molecule has 2 rings (SSSR count). The van der Waals surface area contributed by atoms with E-state index in [9.17, 15) is 4.79 Å². The van der Waals surface area contributed by atoms with Crippen molar-refractivity contribution in [3.8, 4) is 0 Å². The molecule has 2 aliphatic rings. The molecule has 1 amide bonds. The molecule has 2 atom stereocenters. The van der Waals surface area contributed by atoms with E-state index in [-0.39, 0.29) is 11.5 Å².